The van der Waals surface area contributed by atoms with Gasteiger partial charge in [-0.05, 0) is 37.8 Å². The lowest BCUT2D eigenvalue weighted by Crippen LogP contribution is -2.34. The van der Waals surface area contributed by atoms with Gasteiger partial charge in [-0.15, -0.1) is 11.6 Å². The fourth-order valence-corrected chi connectivity index (χ4v) is 2.58. The van der Waals surface area contributed by atoms with E-state index in [9.17, 15) is 9.59 Å². The summed E-state index contributed by atoms with van der Waals surface area (Å²) < 4.78 is 4.92. The maximum absolute atomic E-state index is 12.2. The van der Waals surface area contributed by atoms with Crippen molar-refractivity contribution in [1.29, 1.82) is 0 Å². The van der Waals surface area contributed by atoms with Crippen molar-refractivity contribution in [3.63, 3.8) is 0 Å². The molecule has 0 radical (unpaired) electrons. The minimum atomic E-state index is -0.235. The summed E-state index contributed by atoms with van der Waals surface area (Å²) in [5, 5.41) is 0. The normalized spacial score (nSPS) is 10.4. The highest BCUT2D eigenvalue weighted by Gasteiger charge is 2.19. The van der Waals surface area contributed by atoms with Crippen molar-refractivity contribution in [2.24, 2.45) is 0 Å². The molecule has 5 heteroatoms. The number of hydrogen-bond donors (Lipinski definition) is 0. The number of carbonyl (C=O) groups excluding carboxylic acids is 2. The van der Waals surface area contributed by atoms with Gasteiger partial charge in [-0.1, -0.05) is 25.1 Å². The van der Waals surface area contributed by atoms with Crippen molar-refractivity contribution >= 4 is 29.2 Å². The van der Waals surface area contributed by atoms with Crippen molar-refractivity contribution in [3.05, 3.63) is 29.3 Å². The van der Waals surface area contributed by atoms with Gasteiger partial charge in [-0.25, -0.2) is 0 Å². The van der Waals surface area contributed by atoms with Gasteiger partial charge in [-0.2, -0.15) is 0 Å². The Balaban J connectivity index is 2.90. The predicted octanol–water partition coefficient (Wildman–Crippen LogP) is 3.47. The van der Waals surface area contributed by atoms with E-state index >= 15 is 0 Å². The molecule has 0 saturated heterocycles. The second kappa shape index (κ2) is 9.46. The molecular formula is C17H24ClNO3. The minimum absolute atomic E-state index is 0.0725. The Morgan fingerprint density at radius 3 is 2.59 bits per heavy atom. The smallest absolute Gasteiger partial charge is 0.305 e. The Kier molecular flexibility index (Phi) is 7.96. The van der Waals surface area contributed by atoms with E-state index in [1.807, 2.05) is 25.1 Å². The number of esters is 1. The first kappa shape index (κ1) is 18.5. The Morgan fingerprint density at radius 2 is 2.00 bits per heavy atom. The van der Waals surface area contributed by atoms with E-state index in [1.54, 1.807) is 11.8 Å². The number of halogens is 1. The average molecular weight is 326 g/mol. The molecule has 0 aliphatic carbocycles. The molecule has 0 spiro atoms. The summed E-state index contributed by atoms with van der Waals surface area (Å²) in [5.74, 6) is -0.451. The van der Waals surface area contributed by atoms with E-state index < -0.39 is 0 Å². The maximum atomic E-state index is 12.2. The van der Waals surface area contributed by atoms with E-state index in [-0.39, 0.29) is 17.8 Å². The van der Waals surface area contributed by atoms with Crippen LogP contribution < -0.4 is 4.90 Å². The molecule has 0 heterocycles. The predicted molar refractivity (Wildman–Crippen MR) is 89.5 cm³/mol. The number of rotatable bonds is 8. The number of amides is 1. The molecule has 4 nitrogen and oxygen atoms in total. The Morgan fingerprint density at radius 1 is 1.27 bits per heavy atom. The van der Waals surface area contributed by atoms with Gasteiger partial charge in [0.1, 0.15) is 5.88 Å². The summed E-state index contributed by atoms with van der Waals surface area (Å²) in [6.45, 7) is 6.65. The van der Waals surface area contributed by atoms with Crippen molar-refractivity contribution in [2.45, 2.75) is 40.0 Å². The third kappa shape index (κ3) is 5.02. The molecule has 0 atom stereocenters. The number of hydrogen-bond acceptors (Lipinski definition) is 3. The molecule has 1 amide bonds. The molecule has 0 N–H and O–H groups in total. The van der Waals surface area contributed by atoms with Gasteiger partial charge >= 0.3 is 5.97 Å². The zero-order chi connectivity index (χ0) is 16.5. The molecule has 1 aromatic carbocycles. The van der Waals surface area contributed by atoms with E-state index in [0.29, 0.717) is 26.0 Å². The zero-order valence-corrected chi connectivity index (χ0v) is 14.3. The van der Waals surface area contributed by atoms with Gasteiger partial charge < -0.3 is 9.64 Å². The summed E-state index contributed by atoms with van der Waals surface area (Å²) >= 11 is 5.75. The molecule has 0 aromatic heterocycles. The molecule has 0 unspecified atom stereocenters. The lowest BCUT2D eigenvalue weighted by molar-refractivity contribution is -0.143. The van der Waals surface area contributed by atoms with Gasteiger partial charge in [0.25, 0.3) is 0 Å². The molecule has 0 aliphatic rings. The van der Waals surface area contributed by atoms with Gasteiger partial charge in [0.15, 0.2) is 0 Å². The third-order valence-corrected chi connectivity index (χ3v) is 3.68. The average Bonchev–Trinajstić information content (AvgIpc) is 2.51. The van der Waals surface area contributed by atoms with E-state index in [4.69, 9.17) is 16.3 Å². The zero-order valence-electron chi connectivity index (χ0n) is 13.5. The van der Waals surface area contributed by atoms with Crippen LogP contribution in [0.15, 0.2) is 18.2 Å². The summed E-state index contributed by atoms with van der Waals surface area (Å²) in [6, 6.07) is 5.98. The number of aryl methyl sites for hydroxylation is 2. The van der Waals surface area contributed by atoms with Gasteiger partial charge in [-0.3, -0.25) is 9.59 Å². The molecule has 1 aromatic rings. The minimum Gasteiger partial charge on any atom is -0.466 e. The molecule has 22 heavy (non-hydrogen) atoms. The first-order chi connectivity index (χ1) is 10.5. The third-order valence-electron chi connectivity index (χ3n) is 3.46. The van der Waals surface area contributed by atoms with Crippen LogP contribution in [0.5, 0.6) is 0 Å². The SMILES string of the molecule is CCOC(=O)CCCN(C(=O)CCl)c1c(C)cccc1CC. The van der Waals surface area contributed by atoms with Crippen LogP contribution in [0, 0.1) is 6.92 Å². The van der Waals surface area contributed by atoms with Gasteiger partial charge in [0.2, 0.25) is 5.91 Å². The highest BCUT2D eigenvalue weighted by atomic mass is 35.5. The first-order valence-corrected chi connectivity index (χ1v) is 8.19. The van der Waals surface area contributed by atoms with Crippen molar-refractivity contribution < 1.29 is 14.3 Å². The van der Waals surface area contributed by atoms with Crippen LogP contribution >= 0.6 is 11.6 Å². The summed E-state index contributed by atoms with van der Waals surface area (Å²) in [7, 11) is 0. The van der Waals surface area contributed by atoms with E-state index in [0.717, 1.165) is 23.2 Å². The number of para-hydroxylation sites is 1. The molecule has 0 bridgehead atoms. The number of ether oxygens (including phenoxy) is 1. The van der Waals surface area contributed by atoms with Crippen LogP contribution in [0.25, 0.3) is 0 Å². The van der Waals surface area contributed by atoms with Crippen LogP contribution in [0.1, 0.15) is 37.8 Å². The highest BCUT2D eigenvalue weighted by molar-refractivity contribution is 6.29. The van der Waals surface area contributed by atoms with E-state index in [1.165, 1.54) is 0 Å². The van der Waals surface area contributed by atoms with Crippen molar-refractivity contribution in [3.8, 4) is 0 Å². The fraction of sp³-hybridized carbons (Fsp3) is 0.529. The molecule has 1 rings (SSSR count). The lowest BCUT2D eigenvalue weighted by Gasteiger charge is -2.26. The van der Waals surface area contributed by atoms with Crippen LogP contribution in [-0.4, -0.2) is 30.9 Å². The van der Waals surface area contributed by atoms with Crippen LogP contribution in [-0.2, 0) is 20.7 Å². The number of alkyl halides is 1. The van der Waals surface area contributed by atoms with Gasteiger partial charge in [0, 0.05) is 18.7 Å². The van der Waals surface area contributed by atoms with Crippen LogP contribution in [0.4, 0.5) is 5.69 Å². The second-order valence-electron chi connectivity index (χ2n) is 5.02. The van der Waals surface area contributed by atoms with Crippen molar-refractivity contribution in [1.82, 2.24) is 0 Å². The van der Waals surface area contributed by atoms with Gasteiger partial charge in [0.05, 0.1) is 6.61 Å². The number of anilines is 1. The fourth-order valence-electron chi connectivity index (χ4n) is 2.44. The summed E-state index contributed by atoms with van der Waals surface area (Å²) in [5.41, 5.74) is 3.06. The Hall–Kier alpha value is -1.55. The molecule has 0 fully saturated rings. The Labute approximate surface area is 137 Å². The lowest BCUT2D eigenvalue weighted by atomic mass is 10.0. The highest BCUT2D eigenvalue weighted by Crippen LogP contribution is 2.26. The quantitative estimate of drug-likeness (QED) is 0.543. The largest absolute Gasteiger partial charge is 0.466 e. The number of nitrogens with zero attached hydrogens (tertiary/aromatic N) is 1. The van der Waals surface area contributed by atoms with Crippen LogP contribution in [0.2, 0.25) is 0 Å². The van der Waals surface area contributed by atoms with Crippen molar-refractivity contribution in [2.75, 3.05) is 23.9 Å². The number of carbonyl (C=O) groups is 2. The second-order valence-corrected chi connectivity index (χ2v) is 5.29. The Bertz CT molecular complexity index is 517. The molecular weight excluding hydrogens is 302 g/mol. The number of benzene rings is 1. The molecule has 0 aliphatic heterocycles. The molecule has 0 saturated carbocycles. The topological polar surface area (TPSA) is 46.6 Å². The summed E-state index contributed by atoms with van der Waals surface area (Å²) in [6.07, 6.45) is 1.69. The summed E-state index contributed by atoms with van der Waals surface area (Å²) in [4.78, 5) is 25.3. The molecule has 122 valence electrons. The maximum Gasteiger partial charge on any atom is 0.305 e. The first-order valence-electron chi connectivity index (χ1n) is 7.65. The van der Waals surface area contributed by atoms with E-state index in [2.05, 4.69) is 6.92 Å². The standard InChI is InChI=1S/C17H24ClNO3/c1-4-14-9-6-8-13(3)17(14)19(15(20)12-18)11-7-10-16(21)22-5-2/h6,8-9H,4-5,7,10-12H2,1-3H3. The monoisotopic (exact) mass is 325 g/mol. The van der Waals surface area contributed by atoms with Crippen LogP contribution in [0.3, 0.4) is 0 Å².